The zero-order valence-corrected chi connectivity index (χ0v) is 42.6. The predicted octanol–water partition coefficient (Wildman–Crippen LogP) is 11.6. The Labute approximate surface area is 364 Å². The third kappa shape index (κ3) is 16.7. The first-order chi connectivity index (χ1) is 27.7. The van der Waals surface area contributed by atoms with Crippen molar-refractivity contribution in [3.05, 3.63) is 77.4 Å². The van der Waals surface area contributed by atoms with Crippen molar-refractivity contribution >= 4 is 42.5 Å². The summed E-state index contributed by atoms with van der Waals surface area (Å²) in [6, 6.07) is 14.3. The maximum Gasteiger partial charge on any atom is 0.342 e. The molecular weight excluding hydrogens is 809 g/mol. The minimum Gasteiger partial charge on any atom is -0.494 e. The fraction of sp³-hybridized carbons (Fsp3) is 0.617. The van der Waals surface area contributed by atoms with Gasteiger partial charge in [0, 0.05) is 35.4 Å². The summed E-state index contributed by atoms with van der Waals surface area (Å²) in [4.78, 5) is 27.5. The molecule has 336 valence electrons. The molecule has 60 heavy (non-hydrogen) atoms. The van der Waals surface area contributed by atoms with Gasteiger partial charge in [0.15, 0.2) is 20.9 Å². The first kappa shape index (κ1) is 51.3. The van der Waals surface area contributed by atoms with Gasteiger partial charge in [-0.2, -0.15) is 0 Å². The lowest BCUT2D eigenvalue weighted by molar-refractivity contribution is -0.152. The Hall–Kier alpha value is -3.05. The molecule has 1 aliphatic rings. The van der Waals surface area contributed by atoms with Crippen LogP contribution in [-0.4, -0.2) is 93.7 Å². The van der Waals surface area contributed by atoms with Gasteiger partial charge < -0.3 is 37.6 Å². The number of carbonyl (C=O) groups excluding carboxylic acids is 2. The molecule has 0 aromatic heterocycles. The zero-order valence-electron chi connectivity index (χ0n) is 39.6. The summed E-state index contributed by atoms with van der Waals surface area (Å²) >= 11 is 0. The van der Waals surface area contributed by atoms with Gasteiger partial charge in [-0.05, 0) is 93.2 Å². The van der Waals surface area contributed by atoms with Crippen molar-refractivity contribution in [2.24, 2.45) is 5.92 Å². The topological polar surface area (TPSA) is 108 Å². The van der Waals surface area contributed by atoms with Crippen LogP contribution >= 0.6 is 0 Å². The van der Waals surface area contributed by atoms with Gasteiger partial charge in [0.25, 0.3) is 0 Å². The average Bonchev–Trinajstić information content (AvgIpc) is 3.44. The van der Waals surface area contributed by atoms with E-state index >= 15 is 0 Å². The second-order valence-electron chi connectivity index (χ2n) is 20.4. The Morgan fingerprint density at radius 3 is 2.08 bits per heavy atom. The highest BCUT2D eigenvalue weighted by Gasteiger charge is 2.46. The van der Waals surface area contributed by atoms with Gasteiger partial charge in [0.2, 0.25) is 0 Å². The van der Waals surface area contributed by atoms with Crippen molar-refractivity contribution in [1.82, 2.24) is 0 Å². The molecule has 2 aromatic carbocycles. The summed E-state index contributed by atoms with van der Waals surface area (Å²) in [6.45, 7) is 33.6. The number of carbonyl (C=O) groups is 2. The molecule has 0 aliphatic carbocycles. The van der Waals surface area contributed by atoms with Crippen molar-refractivity contribution in [3.8, 4) is 11.5 Å². The Morgan fingerprint density at radius 1 is 0.850 bits per heavy atom. The van der Waals surface area contributed by atoms with Crippen LogP contribution in [0.5, 0.6) is 11.5 Å². The van der Waals surface area contributed by atoms with Crippen molar-refractivity contribution in [2.45, 2.75) is 155 Å². The molecule has 1 unspecified atom stereocenters. The molecule has 0 amide bonds. The molecule has 0 radical (unpaired) electrons. The molecule has 13 heteroatoms. The van der Waals surface area contributed by atoms with E-state index < -0.39 is 60.5 Å². The second-order valence-corrected chi connectivity index (χ2v) is 36.4. The molecule has 0 N–H and O–H groups in total. The van der Waals surface area contributed by atoms with E-state index in [9.17, 15) is 9.59 Å². The smallest absolute Gasteiger partial charge is 0.342 e. The number of methoxy groups -OCH3 is 1. The van der Waals surface area contributed by atoms with E-state index in [4.69, 9.17) is 37.6 Å². The van der Waals surface area contributed by atoms with Crippen LogP contribution in [0.4, 0.5) is 0 Å². The Balaban J connectivity index is 2.02. The standard InChI is InChI=1S/C47H76O10Si3/c1-34(35(2)57-60(15,16)46(3,4)5)25-26-39(54-44(48)36-21-18-17-19-22-36)43-40(55-47(6,7)56-43)24-20-23-37-31-38(51-27-29-58(9,10)11)32-41(53-33-50-8)42(37)45(49)52-28-30-59(12,13)14/h17-23,25-26,31-32,34-35,39-40,43H,24,27-30,33H2,1-16H3/t34-,35+,39?,40+,43-/m1/s1. The first-order valence-corrected chi connectivity index (χ1v) is 31.8. The van der Waals surface area contributed by atoms with Crippen LogP contribution < -0.4 is 9.47 Å². The Kier molecular flexibility index (Phi) is 18.7. The molecule has 1 aliphatic heterocycles. The lowest BCUT2D eigenvalue weighted by Gasteiger charge is -2.39. The van der Waals surface area contributed by atoms with Crippen LogP contribution in [0.2, 0.25) is 69.5 Å². The highest BCUT2D eigenvalue weighted by molar-refractivity contribution is 6.76. The van der Waals surface area contributed by atoms with Gasteiger partial charge in [-0.25, -0.2) is 9.59 Å². The van der Waals surface area contributed by atoms with Gasteiger partial charge in [-0.15, -0.1) is 0 Å². The highest BCUT2D eigenvalue weighted by Crippen LogP contribution is 2.39. The number of ether oxygens (including phenoxy) is 7. The Morgan fingerprint density at radius 2 is 1.48 bits per heavy atom. The predicted molar refractivity (Wildman–Crippen MR) is 250 cm³/mol. The maximum absolute atomic E-state index is 13.9. The summed E-state index contributed by atoms with van der Waals surface area (Å²) < 4.78 is 49.4. The van der Waals surface area contributed by atoms with E-state index in [2.05, 4.69) is 93.1 Å². The van der Waals surface area contributed by atoms with Crippen LogP contribution in [0.15, 0.2) is 60.7 Å². The second kappa shape index (κ2) is 21.8. The van der Waals surface area contributed by atoms with Gasteiger partial charge in [0.05, 0.1) is 24.9 Å². The largest absolute Gasteiger partial charge is 0.494 e. The number of rotatable bonds is 22. The Bertz CT molecular complexity index is 1740. The lowest BCUT2D eigenvalue weighted by Crippen LogP contribution is -2.44. The third-order valence-electron chi connectivity index (χ3n) is 10.9. The van der Waals surface area contributed by atoms with E-state index in [0.717, 1.165) is 12.1 Å². The van der Waals surface area contributed by atoms with Crippen molar-refractivity contribution in [2.75, 3.05) is 27.1 Å². The quantitative estimate of drug-likeness (QED) is 0.0491. The summed E-state index contributed by atoms with van der Waals surface area (Å²) in [5.41, 5.74) is 1.31. The molecule has 0 saturated carbocycles. The monoisotopic (exact) mass is 884 g/mol. The number of benzene rings is 2. The maximum atomic E-state index is 13.9. The number of hydrogen-bond acceptors (Lipinski definition) is 10. The lowest BCUT2D eigenvalue weighted by atomic mass is 9.99. The molecule has 0 bridgehead atoms. The zero-order chi connectivity index (χ0) is 45.1. The van der Waals surface area contributed by atoms with Crippen molar-refractivity contribution < 1.29 is 47.2 Å². The molecule has 2 aromatic rings. The molecule has 10 nitrogen and oxygen atoms in total. The van der Waals surface area contributed by atoms with E-state index in [1.165, 1.54) is 7.11 Å². The fourth-order valence-corrected chi connectivity index (χ4v) is 9.03. The summed E-state index contributed by atoms with van der Waals surface area (Å²) in [6.07, 6.45) is 6.15. The van der Waals surface area contributed by atoms with Crippen molar-refractivity contribution in [1.29, 1.82) is 0 Å². The molecule has 1 saturated heterocycles. The third-order valence-corrected chi connectivity index (χ3v) is 18.9. The van der Waals surface area contributed by atoms with Gasteiger partial charge in [-0.1, -0.05) is 103 Å². The summed E-state index contributed by atoms with van der Waals surface area (Å²) in [7, 11) is -3.34. The van der Waals surface area contributed by atoms with E-state index in [-0.39, 0.29) is 29.4 Å². The molecule has 5 atom stereocenters. The van der Waals surface area contributed by atoms with Crippen LogP contribution in [0.3, 0.4) is 0 Å². The summed E-state index contributed by atoms with van der Waals surface area (Å²) in [5, 5.41) is 0.0645. The van der Waals surface area contributed by atoms with Gasteiger partial charge >= 0.3 is 11.9 Å². The molecule has 3 rings (SSSR count). The van der Waals surface area contributed by atoms with E-state index in [1.54, 1.807) is 18.2 Å². The van der Waals surface area contributed by atoms with E-state index in [1.807, 2.05) is 56.3 Å². The van der Waals surface area contributed by atoms with Crippen molar-refractivity contribution in [3.63, 3.8) is 0 Å². The molecule has 1 heterocycles. The molecular formula is C47H76O10Si3. The van der Waals surface area contributed by atoms with Crippen LogP contribution in [-0.2, 0) is 28.1 Å². The fourth-order valence-electron chi connectivity index (χ4n) is 6.10. The van der Waals surface area contributed by atoms with Gasteiger partial charge in [-0.3, -0.25) is 0 Å². The van der Waals surface area contributed by atoms with Crippen LogP contribution in [0.25, 0.3) is 6.08 Å². The van der Waals surface area contributed by atoms with Gasteiger partial charge in [0.1, 0.15) is 29.3 Å². The molecule has 1 fully saturated rings. The normalized spacial score (nSPS) is 19.0. The van der Waals surface area contributed by atoms with Crippen LogP contribution in [0, 0.1) is 5.92 Å². The first-order valence-electron chi connectivity index (χ1n) is 21.5. The van der Waals surface area contributed by atoms with Crippen LogP contribution in [0.1, 0.15) is 81.2 Å². The van der Waals surface area contributed by atoms with E-state index in [0.29, 0.717) is 42.3 Å². The minimum absolute atomic E-state index is 0.0180. The number of hydrogen-bond donors (Lipinski definition) is 0. The summed E-state index contributed by atoms with van der Waals surface area (Å²) in [5.74, 6) is -0.988. The SMILES string of the molecule is COCOc1cc(OCC[Si](C)(C)C)cc(C=CC[C@@H]2OC(C)(C)O[C@@H]2C(C=C[C@@H](C)[C@H](C)O[Si](C)(C)C(C)(C)C)OC(=O)c2ccccc2)c1C(=O)OCC[Si](C)(C)C. The number of esters is 2. The highest BCUT2D eigenvalue weighted by atomic mass is 28.4. The molecule has 0 spiro atoms. The average molecular weight is 885 g/mol. The minimum atomic E-state index is -2.03.